The molecule has 3 rings (SSSR count). The van der Waals surface area contributed by atoms with Gasteiger partial charge in [-0.15, -0.1) is 11.3 Å². The Balaban J connectivity index is 1.65. The molecule has 1 aromatic carbocycles. The second-order valence-electron chi connectivity index (χ2n) is 4.91. The predicted molar refractivity (Wildman–Crippen MR) is 77.7 cm³/mol. The maximum absolute atomic E-state index is 5.54. The third-order valence-corrected chi connectivity index (χ3v) is 4.38. The minimum Gasteiger partial charge on any atom is -0.493 e. The fourth-order valence-corrected chi connectivity index (χ4v) is 3.08. The van der Waals surface area contributed by atoms with Crippen molar-refractivity contribution >= 4 is 11.3 Å². The highest BCUT2D eigenvalue weighted by molar-refractivity contribution is 7.11. The molecule has 1 unspecified atom stereocenters. The first-order valence-corrected chi connectivity index (χ1v) is 7.44. The van der Waals surface area contributed by atoms with Gasteiger partial charge in [-0.3, -0.25) is 0 Å². The number of aromatic nitrogens is 1. The van der Waals surface area contributed by atoms with E-state index in [1.807, 2.05) is 13.1 Å². The van der Waals surface area contributed by atoms with Crippen LogP contribution in [0.15, 0.2) is 24.4 Å². The summed E-state index contributed by atoms with van der Waals surface area (Å²) in [5.41, 5.74) is 2.66. The summed E-state index contributed by atoms with van der Waals surface area (Å²) in [5, 5.41) is 4.67. The van der Waals surface area contributed by atoms with E-state index < -0.39 is 0 Å². The van der Waals surface area contributed by atoms with Crippen molar-refractivity contribution in [1.29, 1.82) is 0 Å². The van der Waals surface area contributed by atoms with Crippen LogP contribution in [0.3, 0.4) is 0 Å². The molecule has 0 fully saturated rings. The van der Waals surface area contributed by atoms with Crippen LogP contribution in [0.1, 0.15) is 34.0 Å². The molecule has 19 heavy (non-hydrogen) atoms. The highest BCUT2D eigenvalue weighted by Crippen LogP contribution is 2.28. The molecule has 4 heteroatoms. The van der Waals surface area contributed by atoms with Gasteiger partial charge in [0.15, 0.2) is 0 Å². The third-order valence-electron chi connectivity index (χ3n) is 3.47. The molecular weight excluding hydrogens is 256 g/mol. The normalized spacial score (nSPS) is 15.1. The molecule has 0 amide bonds. The van der Waals surface area contributed by atoms with Crippen LogP contribution in [0.25, 0.3) is 0 Å². The second kappa shape index (κ2) is 5.31. The Morgan fingerprint density at radius 1 is 1.47 bits per heavy atom. The van der Waals surface area contributed by atoms with Crippen molar-refractivity contribution in [3.05, 3.63) is 45.4 Å². The number of nitrogens with one attached hydrogen (secondary N) is 1. The summed E-state index contributed by atoms with van der Waals surface area (Å²) < 4.78 is 5.54. The molecule has 1 aromatic heterocycles. The minimum absolute atomic E-state index is 0.341. The lowest BCUT2D eigenvalue weighted by Crippen LogP contribution is -2.17. The summed E-state index contributed by atoms with van der Waals surface area (Å²) in [5.74, 6) is 1.05. The number of rotatable bonds is 4. The van der Waals surface area contributed by atoms with E-state index in [1.165, 1.54) is 16.0 Å². The highest BCUT2D eigenvalue weighted by atomic mass is 32.1. The monoisotopic (exact) mass is 274 g/mol. The van der Waals surface area contributed by atoms with Gasteiger partial charge in [-0.25, -0.2) is 4.98 Å². The smallest absolute Gasteiger partial charge is 0.122 e. The summed E-state index contributed by atoms with van der Waals surface area (Å²) in [7, 11) is 0. The minimum atomic E-state index is 0.341. The molecular formula is C15H18N2OS. The Hall–Kier alpha value is -1.39. The Labute approximate surface area is 117 Å². The van der Waals surface area contributed by atoms with Crippen molar-refractivity contribution in [2.45, 2.75) is 32.9 Å². The first-order chi connectivity index (χ1) is 9.22. The van der Waals surface area contributed by atoms with Gasteiger partial charge in [-0.1, -0.05) is 12.1 Å². The highest BCUT2D eigenvalue weighted by Gasteiger charge is 2.14. The third kappa shape index (κ3) is 2.80. The van der Waals surface area contributed by atoms with Gasteiger partial charge in [-0.05, 0) is 31.0 Å². The van der Waals surface area contributed by atoms with Crippen LogP contribution in [0.5, 0.6) is 5.75 Å². The summed E-state index contributed by atoms with van der Waals surface area (Å²) in [6.45, 7) is 5.94. The molecule has 0 aliphatic carbocycles. The molecule has 1 aliphatic heterocycles. The van der Waals surface area contributed by atoms with Crippen LogP contribution in [0, 0.1) is 6.92 Å². The summed E-state index contributed by atoms with van der Waals surface area (Å²) in [6.07, 6.45) is 2.99. The van der Waals surface area contributed by atoms with Crippen LogP contribution < -0.4 is 10.1 Å². The van der Waals surface area contributed by atoms with Crippen molar-refractivity contribution < 1.29 is 4.74 Å². The summed E-state index contributed by atoms with van der Waals surface area (Å²) >= 11 is 1.75. The summed E-state index contributed by atoms with van der Waals surface area (Å²) in [4.78, 5) is 5.56. The van der Waals surface area contributed by atoms with Crippen LogP contribution >= 0.6 is 11.3 Å². The Bertz CT molecular complexity index is 579. The lowest BCUT2D eigenvalue weighted by molar-refractivity contribution is 0.356. The van der Waals surface area contributed by atoms with Crippen LogP contribution in [0.4, 0.5) is 0 Å². The Morgan fingerprint density at radius 3 is 3.16 bits per heavy atom. The van der Waals surface area contributed by atoms with Crippen molar-refractivity contribution in [3.8, 4) is 5.75 Å². The molecule has 2 heterocycles. The molecule has 0 radical (unpaired) electrons. The van der Waals surface area contributed by atoms with Gasteiger partial charge in [0.1, 0.15) is 5.75 Å². The lowest BCUT2D eigenvalue weighted by atomic mass is 10.0. The second-order valence-corrected chi connectivity index (χ2v) is 6.23. The number of fused-ring (bicyclic) bond motifs is 1. The van der Waals surface area contributed by atoms with E-state index in [0.717, 1.165) is 30.3 Å². The zero-order valence-corrected chi connectivity index (χ0v) is 12.1. The maximum Gasteiger partial charge on any atom is 0.122 e. The topological polar surface area (TPSA) is 34.2 Å². The molecule has 2 aromatic rings. The van der Waals surface area contributed by atoms with Crippen molar-refractivity contribution in [2.24, 2.45) is 0 Å². The number of benzene rings is 1. The Kier molecular flexibility index (Phi) is 3.53. The maximum atomic E-state index is 5.54. The number of aryl methyl sites for hydroxylation is 1. The average molecular weight is 274 g/mol. The number of ether oxygens (including phenoxy) is 1. The molecule has 1 atom stereocenters. The lowest BCUT2D eigenvalue weighted by Gasteiger charge is -2.14. The largest absolute Gasteiger partial charge is 0.493 e. The fourth-order valence-electron chi connectivity index (χ4n) is 2.33. The van der Waals surface area contributed by atoms with Crippen molar-refractivity contribution in [1.82, 2.24) is 10.3 Å². The van der Waals surface area contributed by atoms with E-state index in [4.69, 9.17) is 4.74 Å². The number of nitrogens with zero attached hydrogens (tertiary/aromatic N) is 1. The van der Waals surface area contributed by atoms with E-state index >= 15 is 0 Å². The van der Waals surface area contributed by atoms with E-state index in [-0.39, 0.29) is 0 Å². The van der Waals surface area contributed by atoms with Gasteiger partial charge in [0.2, 0.25) is 0 Å². The van der Waals surface area contributed by atoms with Crippen LogP contribution in [-0.2, 0) is 13.0 Å². The van der Waals surface area contributed by atoms with Gasteiger partial charge in [0.25, 0.3) is 0 Å². The van der Waals surface area contributed by atoms with Gasteiger partial charge < -0.3 is 10.1 Å². The van der Waals surface area contributed by atoms with Gasteiger partial charge in [-0.2, -0.15) is 0 Å². The first kappa shape index (κ1) is 12.6. The standard InChI is InChI=1S/C15H18N2OS/c1-10(16-8-14-9-17-11(2)19-14)12-3-4-15-13(7-12)5-6-18-15/h3-4,7,9-10,16H,5-6,8H2,1-2H3. The first-order valence-electron chi connectivity index (χ1n) is 6.62. The number of thiazole rings is 1. The molecule has 1 N–H and O–H groups in total. The molecule has 100 valence electrons. The molecule has 3 nitrogen and oxygen atoms in total. The van der Waals surface area contributed by atoms with Gasteiger partial charge >= 0.3 is 0 Å². The fraction of sp³-hybridized carbons (Fsp3) is 0.400. The van der Waals surface area contributed by atoms with Crippen LogP contribution in [0.2, 0.25) is 0 Å². The SMILES string of the molecule is Cc1ncc(CNC(C)c2ccc3c(c2)CCO3)s1. The van der Waals surface area contributed by atoms with E-state index in [9.17, 15) is 0 Å². The van der Waals surface area contributed by atoms with Gasteiger partial charge in [0, 0.05) is 30.1 Å². The average Bonchev–Trinajstić information content (AvgIpc) is 3.03. The Morgan fingerprint density at radius 2 is 2.37 bits per heavy atom. The van der Waals surface area contributed by atoms with E-state index in [2.05, 4.69) is 35.4 Å². The molecule has 0 bridgehead atoms. The molecule has 1 aliphatic rings. The van der Waals surface area contributed by atoms with E-state index in [0.29, 0.717) is 6.04 Å². The number of hydrogen-bond donors (Lipinski definition) is 1. The van der Waals surface area contributed by atoms with Gasteiger partial charge in [0.05, 0.1) is 11.6 Å². The quantitative estimate of drug-likeness (QED) is 0.929. The van der Waals surface area contributed by atoms with E-state index in [1.54, 1.807) is 11.3 Å². The van der Waals surface area contributed by atoms with Crippen molar-refractivity contribution in [2.75, 3.05) is 6.61 Å². The predicted octanol–water partition coefficient (Wildman–Crippen LogP) is 3.24. The zero-order chi connectivity index (χ0) is 13.2. The number of hydrogen-bond acceptors (Lipinski definition) is 4. The molecule has 0 saturated heterocycles. The van der Waals surface area contributed by atoms with Crippen molar-refractivity contribution in [3.63, 3.8) is 0 Å². The van der Waals surface area contributed by atoms with Crippen LogP contribution in [-0.4, -0.2) is 11.6 Å². The zero-order valence-electron chi connectivity index (χ0n) is 11.3. The molecule has 0 saturated carbocycles. The molecule has 0 spiro atoms. The summed E-state index contributed by atoms with van der Waals surface area (Å²) in [6, 6.07) is 6.85.